The fraction of sp³-hybridized carbons (Fsp3) is 0.167. The van der Waals surface area contributed by atoms with Gasteiger partial charge in [0.25, 0.3) is 0 Å². The highest BCUT2D eigenvalue weighted by atomic mass is 32.1. The molecular weight excluding hydrogens is 338 g/mol. The van der Waals surface area contributed by atoms with Gasteiger partial charge in [-0.2, -0.15) is 5.10 Å². The summed E-state index contributed by atoms with van der Waals surface area (Å²) in [5.74, 6) is 0.783. The smallest absolute Gasteiger partial charge is 0.162 e. The van der Waals surface area contributed by atoms with Crippen LogP contribution in [-0.2, 0) is 6.54 Å². The van der Waals surface area contributed by atoms with Crippen molar-refractivity contribution in [3.63, 3.8) is 0 Å². The number of aldehydes is 1. The van der Waals surface area contributed by atoms with Crippen molar-refractivity contribution in [3.8, 4) is 17.0 Å². The number of hydrogen-bond donors (Lipinski definition) is 1. The molecule has 1 aromatic carbocycles. The molecule has 0 spiro atoms. The second kappa shape index (κ2) is 7.42. The van der Waals surface area contributed by atoms with Crippen LogP contribution in [0, 0.1) is 0 Å². The topological polar surface area (TPSA) is 77.2 Å². The Bertz CT molecular complexity index is 883. The maximum Gasteiger partial charge on any atom is 0.162 e. The summed E-state index contributed by atoms with van der Waals surface area (Å²) < 4.78 is 6.87. The molecule has 2 aromatic heterocycles. The molecule has 0 saturated carbocycles. The Balaban J connectivity index is 1.98. The third-order valence-corrected chi connectivity index (χ3v) is 4.51. The van der Waals surface area contributed by atoms with Crippen molar-refractivity contribution in [1.82, 2.24) is 14.8 Å². The minimum Gasteiger partial charge on any atom is -0.497 e. The van der Waals surface area contributed by atoms with E-state index < -0.39 is 6.10 Å². The molecule has 0 aliphatic heterocycles. The largest absolute Gasteiger partial charge is 0.497 e. The number of hydrogen-bond acceptors (Lipinski definition) is 6. The van der Waals surface area contributed by atoms with Crippen molar-refractivity contribution in [2.75, 3.05) is 7.11 Å². The van der Waals surface area contributed by atoms with Gasteiger partial charge in [-0.25, -0.2) is 4.98 Å². The van der Waals surface area contributed by atoms with Crippen LogP contribution in [0.15, 0.2) is 48.6 Å². The first-order valence-corrected chi connectivity index (χ1v) is 8.44. The first-order chi connectivity index (χ1) is 12.2. The predicted octanol–water partition coefficient (Wildman–Crippen LogP) is 3.10. The van der Waals surface area contributed by atoms with E-state index >= 15 is 0 Å². The lowest BCUT2D eigenvalue weighted by Gasteiger charge is -2.04. The highest BCUT2D eigenvalue weighted by Crippen LogP contribution is 2.30. The molecule has 3 aromatic rings. The third-order valence-electron chi connectivity index (χ3n) is 3.75. The van der Waals surface area contributed by atoms with Gasteiger partial charge in [-0.1, -0.05) is 18.2 Å². The van der Waals surface area contributed by atoms with Crippen LogP contribution in [0.2, 0.25) is 0 Å². The monoisotopic (exact) mass is 355 g/mol. The number of nitrogens with zero attached hydrogens (tertiary/aromatic N) is 3. The maximum atomic E-state index is 11.2. The first-order valence-electron chi connectivity index (χ1n) is 7.56. The molecule has 2 heterocycles. The molecule has 0 amide bonds. The van der Waals surface area contributed by atoms with E-state index in [0.29, 0.717) is 28.4 Å². The zero-order valence-corrected chi connectivity index (χ0v) is 14.4. The molecule has 0 radical (unpaired) electrons. The molecule has 0 aliphatic carbocycles. The van der Waals surface area contributed by atoms with Gasteiger partial charge in [-0.15, -0.1) is 17.9 Å². The van der Waals surface area contributed by atoms with Crippen LogP contribution in [0.1, 0.15) is 27.0 Å². The van der Waals surface area contributed by atoms with Gasteiger partial charge in [0.05, 0.1) is 29.7 Å². The molecule has 128 valence electrons. The Morgan fingerprint density at radius 3 is 2.80 bits per heavy atom. The van der Waals surface area contributed by atoms with Crippen LogP contribution in [0.25, 0.3) is 11.3 Å². The molecule has 0 bridgehead atoms. The summed E-state index contributed by atoms with van der Waals surface area (Å²) in [5.41, 5.74) is 4.21. The van der Waals surface area contributed by atoms with E-state index in [0.717, 1.165) is 17.6 Å². The van der Waals surface area contributed by atoms with Gasteiger partial charge in [0.15, 0.2) is 6.29 Å². The van der Waals surface area contributed by atoms with Crippen molar-refractivity contribution < 1.29 is 14.6 Å². The molecule has 25 heavy (non-hydrogen) atoms. The summed E-state index contributed by atoms with van der Waals surface area (Å²) in [5, 5.41) is 14.7. The Morgan fingerprint density at radius 1 is 1.40 bits per heavy atom. The molecule has 1 unspecified atom stereocenters. The van der Waals surface area contributed by atoms with E-state index in [1.54, 1.807) is 23.5 Å². The summed E-state index contributed by atoms with van der Waals surface area (Å²) in [4.78, 5) is 16.0. The van der Waals surface area contributed by atoms with Gasteiger partial charge in [0.1, 0.15) is 17.5 Å². The zero-order valence-electron chi connectivity index (χ0n) is 13.6. The van der Waals surface area contributed by atoms with Crippen LogP contribution in [-0.4, -0.2) is 33.3 Å². The highest BCUT2D eigenvalue weighted by Gasteiger charge is 2.20. The van der Waals surface area contributed by atoms with Crippen molar-refractivity contribution in [3.05, 3.63) is 64.8 Å². The lowest BCUT2D eigenvalue weighted by atomic mass is 10.1. The third kappa shape index (κ3) is 3.52. The molecule has 0 saturated heterocycles. The van der Waals surface area contributed by atoms with Crippen LogP contribution in [0.5, 0.6) is 5.75 Å². The Morgan fingerprint density at radius 2 is 2.16 bits per heavy atom. The summed E-state index contributed by atoms with van der Waals surface area (Å²) >= 11 is 1.25. The molecule has 7 heteroatoms. The Kier molecular flexibility index (Phi) is 5.06. The minimum absolute atomic E-state index is 0.428. The van der Waals surface area contributed by atoms with Gasteiger partial charge < -0.3 is 9.84 Å². The SMILES string of the molecule is C=CC(O)c1nn(Cc2ccc(OC)cc2)cc1-c1ncsc1C=O. The number of carbonyl (C=O) groups excluding carboxylic acids is 1. The number of carbonyl (C=O) groups is 1. The molecule has 0 aliphatic rings. The van der Waals surface area contributed by atoms with Gasteiger partial charge in [-0.3, -0.25) is 9.48 Å². The molecule has 1 atom stereocenters. The highest BCUT2D eigenvalue weighted by molar-refractivity contribution is 7.11. The first kappa shape index (κ1) is 17.1. The fourth-order valence-electron chi connectivity index (χ4n) is 2.49. The maximum absolute atomic E-state index is 11.2. The number of benzene rings is 1. The molecule has 6 nitrogen and oxygen atoms in total. The van der Waals surface area contributed by atoms with E-state index in [-0.39, 0.29) is 0 Å². The van der Waals surface area contributed by atoms with Crippen molar-refractivity contribution >= 4 is 17.6 Å². The fourth-order valence-corrected chi connectivity index (χ4v) is 3.09. The number of rotatable bonds is 7. The Labute approximate surface area is 149 Å². The lowest BCUT2D eigenvalue weighted by molar-refractivity contribution is 0.112. The van der Waals surface area contributed by atoms with E-state index in [9.17, 15) is 9.90 Å². The average molecular weight is 355 g/mol. The number of aliphatic hydroxyl groups excluding tert-OH is 1. The van der Waals surface area contributed by atoms with Gasteiger partial charge in [-0.05, 0) is 17.7 Å². The average Bonchev–Trinajstić information content (AvgIpc) is 3.27. The predicted molar refractivity (Wildman–Crippen MR) is 96.0 cm³/mol. The second-order valence-electron chi connectivity index (χ2n) is 5.34. The van der Waals surface area contributed by atoms with Gasteiger partial charge in [0.2, 0.25) is 0 Å². The number of aliphatic hydroxyl groups is 1. The number of aromatic nitrogens is 3. The zero-order chi connectivity index (χ0) is 17.8. The molecular formula is C18H17N3O3S. The van der Waals surface area contributed by atoms with Crippen molar-refractivity contribution in [2.45, 2.75) is 12.6 Å². The standard InChI is InChI=1S/C18H17N3O3S/c1-3-15(23)17-14(18-16(10-22)25-11-19-18)9-21(20-17)8-12-4-6-13(24-2)7-5-12/h3-7,9-11,15,23H,1,8H2,2H3. The normalized spacial score (nSPS) is 11.9. The van der Waals surface area contributed by atoms with E-state index in [1.807, 2.05) is 24.3 Å². The van der Waals surface area contributed by atoms with Crippen LogP contribution in [0.3, 0.4) is 0 Å². The summed E-state index contributed by atoms with van der Waals surface area (Å²) in [6.07, 6.45) is 3.01. The van der Waals surface area contributed by atoms with E-state index in [2.05, 4.69) is 16.7 Å². The van der Waals surface area contributed by atoms with Gasteiger partial charge in [0, 0.05) is 11.8 Å². The summed E-state index contributed by atoms with van der Waals surface area (Å²) in [6.45, 7) is 4.13. The van der Waals surface area contributed by atoms with E-state index in [1.165, 1.54) is 17.4 Å². The molecule has 3 rings (SSSR count). The van der Waals surface area contributed by atoms with Crippen LogP contribution in [0.4, 0.5) is 0 Å². The van der Waals surface area contributed by atoms with E-state index in [4.69, 9.17) is 4.74 Å². The van der Waals surface area contributed by atoms with Gasteiger partial charge >= 0.3 is 0 Å². The quantitative estimate of drug-likeness (QED) is 0.520. The van der Waals surface area contributed by atoms with Crippen molar-refractivity contribution in [1.29, 1.82) is 0 Å². The van der Waals surface area contributed by atoms with Crippen LogP contribution >= 0.6 is 11.3 Å². The molecule has 0 fully saturated rings. The lowest BCUT2D eigenvalue weighted by Crippen LogP contribution is -2.02. The summed E-state index contributed by atoms with van der Waals surface area (Å²) in [6, 6.07) is 7.65. The second-order valence-corrected chi connectivity index (χ2v) is 6.22. The number of methoxy groups -OCH3 is 1. The molecule has 1 N–H and O–H groups in total. The van der Waals surface area contributed by atoms with Crippen LogP contribution < -0.4 is 4.74 Å². The number of thiazole rings is 1. The number of ether oxygens (including phenoxy) is 1. The summed E-state index contributed by atoms with van der Waals surface area (Å²) in [7, 11) is 1.62. The Hall–Kier alpha value is -2.77. The van der Waals surface area contributed by atoms with Crippen molar-refractivity contribution in [2.24, 2.45) is 0 Å². The minimum atomic E-state index is -0.937.